The fraction of sp³-hybridized carbons (Fsp3) is 0.444. The minimum Gasteiger partial charge on any atom is -0.343 e. The molecule has 90 valence electrons. The molecule has 2 heterocycles. The molecule has 0 radical (unpaired) electrons. The van der Waals surface area contributed by atoms with Crippen LogP contribution in [0.5, 0.6) is 0 Å². The van der Waals surface area contributed by atoms with Crippen molar-refractivity contribution in [3.63, 3.8) is 0 Å². The van der Waals surface area contributed by atoms with Crippen LogP contribution in [-0.2, 0) is 0 Å². The van der Waals surface area contributed by atoms with E-state index in [1.807, 2.05) is 18.9 Å². The second kappa shape index (κ2) is 5.05. The third-order valence-electron chi connectivity index (χ3n) is 2.30. The largest absolute Gasteiger partial charge is 0.343 e. The van der Waals surface area contributed by atoms with Crippen LogP contribution in [0.25, 0.3) is 0 Å². The summed E-state index contributed by atoms with van der Waals surface area (Å²) < 4.78 is 0. The van der Waals surface area contributed by atoms with Crippen LogP contribution in [0.15, 0.2) is 12.4 Å². The maximum atomic E-state index is 5.73. The Morgan fingerprint density at radius 3 is 2.71 bits per heavy atom. The summed E-state index contributed by atoms with van der Waals surface area (Å²) in [6.07, 6.45) is 3.14. The lowest BCUT2D eigenvalue weighted by Gasteiger charge is -2.19. The molecule has 2 aromatic heterocycles. The number of nitrogens with one attached hydrogen (secondary N) is 1. The average Bonchev–Trinajstić information content (AvgIpc) is 2.83. The maximum Gasteiger partial charge on any atom is 0.225 e. The van der Waals surface area contributed by atoms with E-state index in [9.17, 15) is 0 Å². The summed E-state index contributed by atoms with van der Waals surface area (Å²) in [4.78, 5) is 10.2. The summed E-state index contributed by atoms with van der Waals surface area (Å²) in [5, 5.41) is 14.4. The second-order valence-electron chi connectivity index (χ2n) is 3.75. The van der Waals surface area contributed by atoms with Gasteiger partial charge in [-0.1, -0.05) is 23.7 Å². The van der Waals surface area contributed by atoms with E-state index in [4.69, 9.17) is 11.6 Å². The van der Waals surface area contributed by atoms with Gasteiger partial charge in [-0.25, -0.2) is 9.97 Å². The number of aromatic nitrogens is 6. The predicted octanol–water partition coefficient (Wildman–Crippen LogP) is 0.883. The molecule has 1 atom stereocenters. The Hall–Kier alpha value is -1.76. The highest BCUT2D eigenvalue weighted by atomic mass is 35.5. The number of aromatic amines is 1. The van der Waals surface area contributed by atoms with E-state index in [1.54, 1.807) is 12.4 Å². The van der Waals surface area contributed by atoms with Crippen LogP contribution in [0, 0.1) is 0 Å². The van der Waals surface area contributed by atoms with Crippen LogP contribution >= 0.6 is 11.6 Å². The number of anilines is 1. The fourth-order valence-electron chi connectivity index (χ4n) is 1.45. The first-order chi connectivity index (χ1) is 8.16. The van der Waals surface area contributed by atoms with Gasteiger partial charge in [0.05, 0.1) is 17.4 Å². The highest BCUT2D eigenvalue weighted by Gasteiger charge is 2.14. The third-order valence-corrected chi connectivity index (χ3v) is 2.49. The van der Waals surface area contributed by atoms with Crippen molar-refractivity contribution in [3.8, 4) is 0 Å². The van der Waals surface area contributed by atoms with Crippen molar-refractivity contribution in [2.75, 3.05) is 18.5 Å². The topological polar surface area (TPSA) is 83.5 Å². The van der Waals surface area contributed by atoms with Gasteiger partial charge in [0, 0.05) is 19.5 Å². The number of rotatable bonds is 4. The van der Waals surface area contributed by atoms with Gasteiger partial charge >= 0.3 is 0 Å². The molecule has 0 saturated carbocycles. The Morgan fingerprint density at radius 1 is 1.41 bits per heavy atom. The Labute approximate surface area is 103 Å². The molecule has 0 aliphatic carbocycles. The van der Waals surface area contributed by atoms with E-state index in [1.165, 1.54) is 0 Å². The summed E-state index contributed by atoms with van der Waals surface area (Å²) in [5.74, 6) is 1.42. The molecule has 0 aromatic carbocycles. The molecule has 1 N–H and O–H groups in total. The zero-order valence-electron chi connectivity index (χ0n) is 9.50. The summed E-state index contributed by atoms with van der Waals surface area (Å²) in [6, 6.07) is 0. The molecule has 0 spiro atoms. The lowest BCUT2D eigenvalue weighted by molar-refractivity contribution is 0.676. The molecule has 1 unspecified atom stereocenters. The first-order valence-electron chi connectivity index (χ1n) is 5.09. The zero-order valence-corrected chi connectivity index (χ0v) is 10.3. The van der Waals surface area contributed by atoms with Gasteiger partial charge < -0.3 is 4.90 Å². The van der Waals surface area contributed by atoms with E-state index < -0.39 is 0 Å². The van der Waals surface area contributed by atoms with E-state index >= 15 is 0 Å². The van der Waals surface area contributed by atoms with Crippen LogP contribution < -0.4 is 4.90 Å². The van der Waals surface area contributed by atoms with E-state index in [-0.39, 0.29) is 5.92 Å². The molecular weight excluding hydrogens is 242 g/mol. The van der Waals surface area contributed by atoms with Crippen LogP contribution in [0.3, 0.4) is 0 Å². The van der Waals surface area contributed by atoms with Gasteiger partial charge in [0.1, 0.15) is 0 Å². The molecule has 0 aliphatic heterocycles. The highest BCUT2D eigenvalue weighted by Crippen LogP contribution is 2.14. The Kier molecular flexibility index (Phi) is 3.48. The van der Waals surface area contributed by atoms with Crippen molar-refractivity contribution in [3.05, 3.63) is 23.2 Å². The molecule has 2 aromatic rings. The van der Waals surface area contributed by atoms with Gasteiger partial charge in [-0.3, -0.25) is 0 Å². The van der Waals surface area contributed by atoms with Gasteiger partial charge in [-0.2, -0.15) is 5.21 Å². The Balaban J connectivity index is 2.01. The molecule has 0 bridgehead atoms. The van der Waals surface area contributed by atoms with Crippen molar-refractivity contribution in [1.82, 2.24) is 30.6 Å². The third kappa shape index (κ3) is 2.88. The minimum absolute atomic E-state index is 0.137. The molecule has 0 saturated heterocycles. The number of H-pyrrole nitrogens is 1. The van der Waals surface area contributed by atoms with Crippen molar-refractivity contribution in [1.29, 1.82) is 0 Å². The predicted molar refractivity (Wildman–Crippen MR) is 62.9 cm³/mol. The number of likely N-dealkylation sites (N-methyl/N-ethyl adjacent to an activating group) is 1. The van der Waals surface area contributed by atoms with Crippen LogP contribution in [0.1, 0.15) is 18.7 Å². The second-order valence-corrected chi connectivity index (χ2v) is 4.19. The average molecular weight is 254 g/mol. The van der Waals surface area contributed by atoms with Gasteiger partial charge in [-0.05, 0) is 0 Å². The SMILES string of the molecule is CC(CN(C)c1ncc(Cl)cn1)c1nn[nH]n1. The van der Waals surface area contributed by atoms with Crippen molar-refractivity contribution >= 4 is 17.5 Å². The quantitative estimate of drug-likeness (QED) is 0.871. The smallest absolute Gasteiger partial charge is 0.225 e. The van der Waals surface area contributed by atoms with Gasteiger partial charge in [0.2, 0.25) is 5.95 Å². The number of hydrogen-bond donors (Lipinski definition) is 1. The molecule has 0 fully saturated rings. The standard InChI is InChI=1S/C9H12ClN7/c1-6(8-13-15-16-14-8)5-17(2)9-11-3-7(10)4-12-9/h3-4,6H,5H2,1-2H3,(H,13,14,15,16). The number of halogens is 1. The highest BCUT2D eigenvalue weighted by molar-refractivity contribution is 6.30. The van der Waals surface area contributed by atoms with E-state index in [0.717, 1.165) is 0 Å². The van der Waals surface area contributed by atoms with Crippen LogP contribution in [-0.4, -0.2) is 44.2 Å². The summed E-state index contributed by atoms with van der Waals surface area (Å²) in [6.45, 7) is 2.71. The fourth-order valence-corrected chi connectivity index (χ4v) is 1.55. The molecular formula is C9H12ClN7. The summed E-state index contributed by atoms with van der Waals surface area (Å²) in [7, 11) is 1.90. The normalized spacial score (nSPS) is 12.4. The summed E-state index contributed by atoms with van der Waals surface area (Å²) in [5.41, 5.74) is 0. The van der Waals surface area contributed by atoms with Gasteiger partial charge in [-0.15, -0.1) is 10.2 Å². The Bertz CT molecular complexity index is 455. The number of nitrogens with zero attached hydrogens (tertiary/aromatic N) is 6. The van der Waals surface area contributed by atoms with Crippen LogP contribution in [0.4, 0.5) is 5.95 Å². The van der Waals surface area contributed by atoms with Crippen molar-refractivity contribution in [2.24, 2.45) is 0 Å². The van der Waals surface area contributed by atoms with Crippen molar-refractivity contribution < 1.29 is 0 Å². The summed E-state index contributed by atoms with van der Waals surface area (Å²) >= 11 is 5.73. The minimum atomic E-state index is 0.137. The first kappa shape index (κ1) is 11.7. The zero-order chi connectivity index (χ0) is 12.3. The number of tetrazole rings is 1. The molecule has 0 amide bonds. The van der Waals surface area contributed by atoms with E-state index in [2.05, 4.69) is 30.6 Å². The maximum absolute atomic E-state index is 5.73. The monoisotopic (exact) mass is 253 g/mol. The van der Waals surface area contributed by atoms with E-state index in [0.29, 0.717) is 23.3 Å². The number of hydrogen-bond acceptors (Lipinski definition) is 6. The molecule has 17 heavy (non-hydrogen) atoms. The Morgan fingerprint density at radius 2 is 2.12 bits per heavy atom. The van der Waals surface area contributed by atoms with Gasteiger partial charge in [0.15, 0.2) is 5.82 Å². The molecule has 2 rings (SSSR count). The first-order valence-corrected chi connectivity index (χ1v) is 5.46. The molecule has 7 nitrogen and oxygen atoms in total. The lowest BCUT2D eigenvalue weighted by Crippen LogP contribution is -2.25. The lowest BCUT2D eigenvalue weighted by atomic mass is 10.1. The molecule has 0 aliphatic rings. The van der Waals surface area contributed by atoms with Crippen molar-refractivity contribution in [2.45, 2.75) is 12.8 Å². The molecule has 8 heteroatoms. The van der Waals surface area contributed by atoms with Crippen LogP contribution in [0.2, 0.25) is 5.02 Å². The van der Waals surface area contributed by atoms with Gasteiger partial charge in [0.25, 0.3) is 0 Å².